The second-order valence-corrected chi connectivity index (χ2v) is 7.58. The van der Waals surface area contributed by atoms with E-state index in [1.54, 1.807) is 0 Å². The SMILES string of the molecule is N#Cc1cc(F)ccc1-c1cc([N+](=O)[O-])ccc1Oc1ccc([N+](=O)[O-])cc1-c1ccc(F)cc1C#N. The van der Waals surface area contributed by atoms with Crippen LogP contribution in [0.3, 0.4) is 0 Å². The first-order valence-corrected chi connectivity index (χ1v) is 10.4. The molecule has 0 heterocycles. The molecule has 0 spiro atoms. The molecule has 4 aromatic rings. The van der Waals surface area contributed by atoms with Gasteiger partial charge in [0.05, 0.1) is 33.1 Å². The average molecular weight is 498 g/mol. The van der Waals surface area contributed by atoms with Crippen LogP contribution in [0, 0.1) is 54.5 Å². The smallest absolute Gasteiger partial charge is 0.270 e. The van der Waals surface area contributed by atoms with Gasteiger partial charge in [-0.2, -0.15) is 10.5 Å². The van der Waals surface area contributed by atoms with Gasteiger partial charge in [-0.15, -0.1) is 0 Å². The predicted molar refractivity (Wildman–Crippen MR) is 126 cm³/mol. The van der Waals surface area contributed by atoms with E-state index < -0.39 is 21.5 Å². The van der Waals surface area contributed by atoms with Crippen LogP contribution < -0.4 is 4.74 Å². The van der Waals surface area contributed by atoms with Crippen LogP contribution in [0.1, 0.15) is 11.1 Å². The molecule has 0 amide bonds. The number of rotatable bonds is 6. The molecule has 180 valence electrons. The van der Waals surface area contributed by atoms with Gasteiger partial charge in [0.15, 0.2) is 0 Å². The molecule has 4 rings (SSSR count). The second-order valence-electron chi connectivity index (χ2n) is 7.58. The third kappa shape index (κ3) is 4.92. The van der Waals surface area contributed by atoms with Crippen LogP contribution in [0.5, 0.6) is 11.5 Å². The monoisotopic (exact) mass is 498 g/mol. The molecular formula is C26H12F2N4O5. The maximum atomic E-state index is 13.7. The van der Waals surface area contributed by atoms with Crippen molar-refractivity contribution >= 4 is 11.4 Å². The van der Waals surface area contributed by atoms with Gasteiger partial charge in [-0.1, -0.05) is 0 Å². The summed E-state index contributed by atoms with van der Waals surface area (Å²) in [5.74, 6) is -1.37. The van der Waals surface area contributed by atoms with Gasteiger partial charge in [0.1, 0.15) is 23.1 Å². The lowest BCUT2D eigenvalue weighted by Gasteiger charge is -2.16. The van der Waals surface area contributed by atoms with Crippen molar-refractivity contribution in [2.45, 2.75) is 0 Å². The summed E-state index contributed by atoms with van der Waals surface area (Å²) in [6, 6.07) is 17.4. The third-order valence-electron chi connectivity index (χ3n) is 5.35. The van der Waals surface area contributed by atoms with Crippen LogP contribution in [0.2, 0.25) is 0 Å². The molecule has 0 fully saturated rings. The minimum atomic E-state index is -0.689. The largest absolute Gasteiger partial charge is 0.456 e. The van der Waals surface area contributed by atoms with E-state index in [1.807, 2.05) is 12.1 Å². The van der Waals surface area contributed by atoms with Crippen molar-refractivity contribution in [2.24, 2.45) is 0 Å². The minimum absolute atomic E-state index is 0.00410. The highest BCUT2D eigenvalue weighted by atomic mass is 19.1. The van der Waals surface area contributed by atoms with Gasteiger partial charge in [-0.25, -0.2) is 8.78 Å². The predicted octanol–water partition coefficient (Wildman–Crippen LogP) is 6.65. The van der Waals surface area contributed by atoms with Crippen molar-refractivity contribution in [3.8, 4) is 45.9 Å². The normalized spacial score (nSPS) is 10.3. The zero-order valence-electron chi connectivity index (χ0n) is 18.5. The molecule has 0 aliphatic rings. The topological polar surface area (TPSA) is 143 Å². The van der Waals surface area contributed by atoms with Gasteiger partial charge in [-0.3, -0.25) is 20.2 Å². The van der Waals surface area contributed by atoms with E-state index in [1.165, 1.54) is 24.3 Å². The Bertz CT molecular complexity index is 1550. The van der Waals surface area contributed by atoms with E-state index in [2.05, 4.69) is 0 Å². The number of hydrogen-bond acceptors (Lipinski definition) is 7. The van der Waals surface area contributed by atoms with Gasteiger partial charge < -0.3 is 4.74 Å². The number of ether oxygens (including phenoxy) is 1. The van der Waals surface area contributed by atoms with E-state index in [0.717, 1.165) is 48.5 Å². The Kier molecular flexibility index (Phi) is 6.54. The number of nitro benzene ring substituents is 2. The van der Waals surface area contributed by atoms with E-state index >= 15 is 0 Å². The second kappa shape index (κ2) is 9.90. The van der Waals surface area contributed by atoms with E-state index in [4.69, 9.17) is 4.74 Å². The van der Waals surface area contributed by atoms with Gasteiger partial charge in [-0.05, 0) is 48.5 Å². The van der Waals surface area contributed by atoms with Gasteiger partial charge in [0.2, 0.25) is 0 Å². The van der Waals surface area contributed by atoms with Gasteiger partial charge in [0.25, 0.3) is 11.4 Å². The first kappa shape index (κ1) is 24.4. The fourth-order valence-corrected chi connectivity index (χ4v) is 3.67. The maximum absolute atomic E-state index is 13.7. The lowest BCUT2D eigenvalue weighted by molar-refractivity contribution is -0.385. The summed E-state index contributed by atoms with van der Waals surface area (Å²) in [5, 5.41) is 41.8. The summed E-state index contributed by atoms with van der Waals surface area (Å²) in [4.78, 5) is 21.5. The lowest BCUT2D eigenvalue weighted by Crippen LogP contribution is -1.97. The molecule has 0 saturated heterocycles. The molecule has 4 aromatic carbocycles. The summed E-state index contributed by atoms with van der Waals surface area (Å²) >= 11 is 0. The Morgan fingerprint density at radius 1 is 0.622 bits per heavy atom. The lowest BCUT2D eigenvalue weighted by atomic mass is 9.97. The molecular weight excluding hydrogens is 486 g/mol. The first-order valence-electron chi connectivity index (χ1n) is 10.4. The van der Waals surface area contributed by atoms with Crippen molar-refractivity contribution < 1.29 is 23.4 Å². The minimum Gasteiger partial charge on any atom is -0.456 e. The average Bonchev–Trinajstić information content (AvgIpc) is 2.88. The van der Waals surface area contributed by atoms with Crippen LogP contribution in [-0.2, 0) is 0 Å². The van der Waals surface area contributed by atoms with Crippen molar-refractivity contribution in [3.63, 3.8) is 0 Å². The highest BCUT2D eigenvalue weighted by Gasteiger charge is 2.21. The molecule has 0 aliphatic carbocycles. The van der Waals surface area contributed by atoms with E-state index in [9.17, 15) is 39.5 Å². The molecule has 11 heteroatoms. The van der Waals surface area contributed by atoms with Crippen LogP contribution >= 0.6 is 0 Å². The first-order chi connectivity index (χ1) is 17.7. The van der Waals surface area contributed by atoms with E-state index in [0.29, 0.717) is 0 Å². The number of hydrogen-bond donors (Lipinski definition) is 0. The Morgan fingerprint density at radius 3 is 1.38 bits per heavy atom. The van der Waals surface area contributed by atoms with Gasteiger partial charge >= 0.3 is 0 Å². The summed E-state index contributed by atoms with van der Waals surface area (Å²) in [6.45, 7) is 0. The summed E-state index contributed by atoms with van der Waals surface area (Å²) in [5.41, 5.74) is -0.436. The van der Waals surface area contributed by atoms with Crippen molar-refractivity contribution in [3.05, 3.63) is 116 Å². The standard InChI is InChI=1S/C26H12F2N4O5/c27-17-1-5-21(15(9-17)13-29)23-11-19(31(33)34)3-7-25(23)37-26-8-4-20(32(35)36)12-24(26)22-6-2-18(28)10-16(22)14-30/h1-12H. The van der Waals surface area contributed by atoms with Crippen molar-refractivity contribution in [2.75, 3.05) is 0 Å². The molecule has 0 bridgehead atoms. The Balaban J connectivity index is 1.95. The number of nitriles is 2. The maximum Gasteiger partial charge on any atom is 0.270 e. The highest BCUT2D eigenvalue weighted by Crippen LogP contribution is 2.42. The number of benzene rings is 4. The van der Waals surface area contributed by atoms with Crippen LogP contribution in [0.15, 0.2) is 72.8 Å². The molecule has 0 saturated carbocycles. The summed E-state index contributed by atoms with van der Waals surface area (Å²) in [6.07, 6.45) is 0. The fraction of sp³-hybridized carbons (Fsp3) is 0. The molecule has 0 N–H and O–H groups in total. The quantitative estimate of drug-likeness (QED) is 0.214. The van der Waals surface area contributed by atoms with Crippen LogP contribution in [-0.4, -0.2) is 9.85 Å². The number of nitro groups is 2. The number of halogens is 2. The molecule has 37 heavy (non-hydrogen) atoms. The number of non-ortho nitro benzene ring substituents is 2. The third-order valence-corrected chi connectivity index (χ3v) is 5.35. The Labute approximate surface area is 207 Å². The molecule has 0 aliphatic heterocycles. The number of nitrogens with zero attached hydrogens (tertiary/aromatic N) is 4. The van der Waals surface area contributed by atoms with E-state index in [-0.39, 0.29) is 56.3 Å². The Hall–Kier alpha value is -5.68. The molecule has 0 aromatic heterocycles. The van der Waals surface area contributed by atoms with Crippen LogP contribution in [0.25, 0.3) is 22.3 Å². The Morgan fingerprint density at radius 2 is 1.03 bits per heavy atom. The summed E-state index contributed by atoms with van der Waals surface area (Å²) in [7, 11) is 0. The zero-order chi connectivity index (χ0) is 26.7. The van der Waals surface area contributed by atoms with Gasteiger partial charge in [0, 0.05) is 46.5 Å². The zero-order valence-corrected chi connectivity index (χ0v) is 18.5. The van der Waals surface area contributed by atoms with Crippen molar-refractivity contribution in [1.29, 1.82) is 10.5 Å². The molecule has 0 radical (unpaired) electrons. The molecule has 9 nitrogen and oxygen atoms in total. The summed E-state index contributed by atoms with van der Waals surface area (Å²) < 4.78 is 33.5. The van der Waals surface area contributed by atoms with Crippen LogP contribution in [0.4, 0.5) is 20.2 Å². The molecule has 0 atom stereocenters. The molecule has 0 unspecified atom stereocenters. The fourth-order valence-electron chi connectivity index (χ4n) is 3.67. The van der Waals surface area contributed by atoms with Crippen molar-refractivity contribution in [1.82, 2.24) is 0 Å². The highest BCUT2D eigenvalue weighted by molar-refractivity contribution is 5.81.